The first-order chi connectivity index (χ1) is 8.35. The standard InChI is InChI=1S/C10H8F3N3OS/c1-16-9(18)14-8(15-16)6-2-4-7(5-3-6)17-10(11,12)13/h2-5H,1H3,(H,14,15,18). The molecule has 1 heterocycles. The van der Waals surface area contributed by atoms with Gasteiger partial charge >= 0.3 is 6.36 Å². The van der Waals surface area contributed by atoms with E-state index in [4.69, 9.17) is 12.2 Å². The largest absolute Gasteiger partial charge is 0.573 e. The van der Waals surface area contributed by atoms with Gasteiger partial charge < -0.3 is 4.74 Å². The minimum atomic E-state index is -4.69. The molecule has 0 fully saturated rings. The lowest BCUT2D eigenvalue weighted by molar-refractivity contribution is -0.274. The van der Waals surface area contributed by atoms with E-state index in [1.807, 2.05) is 0 Å². The summed E-state index contributed by atoms with van der Waals surface area (Å²) in [5.74, 6) is 0.210. The first-order valence-electron chi connectivity index (χ1n) is 4.84. The molecule has 0 saturated carbocycles. The first kappa shape index (κ1) is 12.6. The molecule has 1 aromatic carbocycles. The molecule has 1 N–H and O–H groups in total. The number of hydrogen-bond donors (Lipinski definition) is 1. The summed E-state index contributed by atoms with van der Waals surface area (Å²) < 4.78 is 41.5. The Kier molecular flexibility index (Phi) is 3.12. The van der Waals surface area contributed by atoms with Gasteiger partial charge in [-0.25, -0.2) is 0 Å². The number of nitrogens with zero attached hydrogens (tertiary/aromatic N) is 2. The predicted octanol–water partition coefficient (Wildman–Crippen LogP) is 3.04. The average Bonchev–Trinajstić information content (AvgIpc) is 2.58. The van der Waals surface area contributed by atoms with Gasteiger partial charge in [0.2, 0.25) is 4.77 Å². The van der Waals surface area contributed by atoms with E-state index in [-0.39, 0.29) is 5.75 Å². The molecule has 0 amide bonds. The molecule has 2 aromatic rings. The fraction of sp³-hybridized carbons (Fsp3) is 0.200. The number of halogens is 3. The fourth-order valence-electron chi connectivity index (χ4n) is 1.35. The van der Waals surface area contributed by atoms with E-state index >= 15 is 0 Å². The van der Waals surface area contributed by atoms with Crippen LogP contribution in [0.3, 0.4) is 0 Å². The molecule has 0 spiro atoms. The molecular formula is C10H8F3N3OS. The maximum atomic E-state index is 12.0. The number of aromatic amines is 1. The third-order valence-electron chi connectivity index (χ3n) is 2.13. The SMILES string of the molecule is Cn1[nH]c(-c2ccc(OC(F)(F)F)cc2)nc1=S. The number of rotatable bonds is 2. The van der Waals surface area contributed by atoms with Gasteiger partial charge in [-0.3, -0.25) is 9.78 Å². The molecule has 1 aromatic heterocycles. The van der Waals surface area contributed by atoms with Crippen molar-refractivity contribution in [1.82, 2.24) is 14.8 Å². The lowest BCUT2D eigenvalue weighted by Gasteiger charge is -2.08. The summed E-state index contributed by atoms with van der Waals surface area (Å²) in [6, 6.07) is 5.37. The van der Waals surface area contributed by atoms with E-state index in [9.17, 15) is 13.2 Å². The van der Waals surface area contributed by atoms with Gasteiger partial charge in [0.05, 0.1) is 0 Å². The fourth-order valence-corrected chi connectivity index (χ4v) is 1.48. The van der Waals surface area contributed by atoms with Crippen LogP contribution >= 0.6 is 12.2 Å². The number of hydrogen-bond acceptors (Lipinski definition) is 3. The molecule has 96 valence electrons. The van der Waals surface area contributed by atoms with Crippen molar-refractivity contribution in [1.29, 1.82) is 0 Å². The van der Waals surface area contributed by atoms with Crippen LogP contribution in [0.2, 0.25) is 0 Å². The normalized spacial score (nSPS) is 11.6. The quantitative estimate of drug-likeness (QED) is 0.857. The van der Waals surface area contributed by atoms with Crippen molar-refractivity contribution in [2.75, 3.05) is 0 Å². The lowest BCUT2D eigenvalue weighted by atomic mass is 10.2. The third-order valence-corrected chi connectivity index (χ3v) is 2.49. The van der Waals surface area contributed by atoms with E-state index in [1.165, 1.54) is 28.9 Å². The Bertz CT molecular complexity index is 600. The highest BCUT2D eigenvalue weighted by Crippen LogP contribution is 2.25. The van der Waals surface area contributed by atoms with Crippen LogP contribution in [0.15, 0.2) is 24.3 Å². The minimum absolute atomic E-state index is 0.277. The van der Waals surface area contributed by atoms with Crippen molar-refractivity contribution in [3.8, 4) is 17.1 Å². The molecule has 0 unspecified atom stereocenters. The Balaban J connectivity index is 2.25. The van der Waals surface area contributed by atoms with Crippen molar-refractivity contribution >= 4 is 12.2 Å². The minimum Gasteiger partial charge on any atom is -0.406 e. The van der Waals surface area contributed by atoms with Crippen LogP contribution in [0.5, 0.6) is 5.75 Å². The molecule has 4 nitrogen and oxygen atoms in total. The molecule has 2 rings (SSSR count). The van der Waals surface area contributed by atoms with Gasteiger partial charge in [-0.05, 0) is 36.5 Å². The summed E-state index contributed by atoms with van der Waals surface area (Å²) in [7, 11) is 1.69. The van der Waals surface area contributed by atoms with Crippen LogP contribution in [-0.4, -0.2) is 21.1 Å². The Morgan fingerprint density at radius 3 is 2.33 bits per heavy atom. The Labute approximate surface area is 105 Å². The number of alkyl halides is 3. The third kappa shape index (κ3) is 2.89. The van der Waals surface area contributed by atoms with Crippen molar-refractivity contribution in [2.24, 2.45) is 7.05 Å². The van der Waals surface area contributed by atoms with Gasteiger partial charge in [-0.2, -0.15) is 4.98 Å². The molecule has 0 atom stereocenters. The zero-order chi connectivity index (χ0) is 13.3. The van der Waals surface area contributed by atoms with Crippen molar-refractivity contribution in [3.63, 3.8) is 0 Å². The molecule has 0 radical (unpaired) electrons. The molecule has 0 aliphatic heterocycles. The van der Waals surface area contributed by atoms with Crippen molar-refractivity contribution < 1.29 is 17.9 Å². The first-order valence-corrected chi connectivity index (χ1v) is 5.25. The summed E-state index contributed by atoms with van der Waals surface area (Å²) in [6.45, 7) is 0. The second kappa shape index (κ2) is 4.45. The van der Waals surface area contributed by atoms with Crippen LogP contribution in [0.1, 0.15) is 0 Å². The van der Waals surface area contributed by atoms with Crippen LogP contribution in [0.4, 0.5) is 13.2 Å². The van der Waals surface area contributed by atoms with Crippen LogP contribution in [0, 0.1) is 4.77 Å². The molecular weight excluding hydrogens is 267 g/mol. The summed E-state index contributed by atoms with van der Waals surface area (Å²) in [5.41, 5.74) is 0.622. The van der Waals surface area contributed by atoms with Gasteiger partial charge in [0.1, 0.15) is 5.75 Å². The molecule has 8 heteroatoms. The van der Waals surface area contributed by atoms with Gasteiger partial charge in [0.25, 0.3) is 0 Å². The summed E-state index contributed by atoms with van der Waals surface area (Å²) in [6.07, 6.45) is -4.69. The van der Waals surface area contributed by atoms with Gasteiger partial charge in [-0.1, -0.05) is 0 Å². The van der Waals surface area contributed by atoms with Gasteiger partial charge in [-0.15, -0.1) is 13.2 Å². The van der Waals surface area contributed by atoms with E-state index in [0.717, 1.165) is 0 Å². The second-order valence-electron chi connectivity index (χ2n) is 3.49. The van der Waals surface area contributed by atoms with Crippen molar-refractivity contribution in [2.45, 2.75) is 6.36 Å². The highest BCUT2D eigenvalue weighted by atomic mass is 32.1. The topological polar surface area (TPSA) is 42.8 Å². The summed E-state index contributed by atoms with van der Waals surface area (Å²) >= 11 is 4.92. The lowest BCUT2D eigenvalue weighted by Crippen LogP contribution is -2.16. The molecule has 0 bridgehead atoms. The molecule has 0 aliphatic carbocycles. The maximum Gasteiger partial charge on any atom is 0.573 e. The number of aryl methyl sites for hydroxylation is 1. The molecule has 18 heavy (non-hydrogen) atoms. The van der Waals surface area contributed by atoms with Crippen LogP contribution in [-0.2, 0) is 7.05 Å². The van der Waals surface area contributed by atoms with Gasteiger partial charge in [0.15, 0.2) is 5.82 Å². The van der Waals surface area contributed by atoms with E-state index in [0.29, 0.717) is 16.2 Å². The number of nitrogens with one attached hydrogen (secondary N) is 1. The zero-order valence-corrected chi connectivity index (χ0v) is 9.97. The highest BCUT2D eigenvalue weighted by Gasteiger charge is 2.30. The Hall–Kier alpha value is -1.83. The number of H-pyrrole nitrogens is 1. The Morgan fingerprint density at radius 2 is 1.89 bits per heavy atom. The number of benzene rings is 1. The zero-order valence-electron chi connectivity index (χ0n) is 9.15. The summed E-state index contributed by atoms with van der Waals surface area (Å²) in [4.78, 5) is 4.04. The summed E-state index contributed by atoms with van der Waals surface area (Å²) in [5, 5.41) is 2.87. The van der Waals surface area contributed by atoms with E-state index in [2.05, 4.69) is 14.8 Å². The average molecular weight is 275 g/mol. The molecule has 0 saturated heterocycles. The van der Waals surface area contributed by atoms with Crippen molar-refractivity contribution in [3.05, 3.63) is 29.0 Å². The predicted molar refractivity (Wildman–Crippen MR) is 60.5 cm³/mol. The smallest absolute Gasteiger partial charge is 0.406 e. The molecule has 0 aliphatic rings. The van der Waals surface area contributed by atoms with E-state index < -0.39 is 6.36 Å². The van der Waals surface area contributed by atoms with Crippen LogP contribution in [0.25, 0.3) is 11.4 Å². The maximum absolute atomic E-state index is 12.0. The van der Waals surface area contributed by atoms with E-state index in [1.54, 1.807) is 7.05 Å². The number of ether oxygens (including phenoxy) is 1. The highest BCUT2D eigenvalue weighted by molar-refractivity contribution is 7.71. The second-order valence-corrected chi connectivity index (χ2v) is 3.85. The number of aromatic nitrogens is 3. The Morgan fingerprint density at radius 1 is 1.28 bits per heavy atom. The van der Waals surface area contributed by atoms with Crippen LogP contribution < -0.4 is 4.74 Å². The van der Waals surface area contributed by atoms with Gasteiger partial charge in [0, 0.05) is 12.6 Å². The monoisotopic (exact) mass is 275 g/mol.